The average Bonchev–Trinajstić information content (AvgIpc) is 2.66. The van der Waals surface area contributed by atoms with Gasteiger partial charge in [0, 0.05) is 6.04 Å². The molecule has 1 amide bonds. The molecule has 2 nitrogen and oxygen atoms in total. The van der Waals surface area contributed by atoms with Gasteiger partial charge in [-0.15, -0.1) is 4.39 Å². The van der Waals surface area contributed by atoms with Gasteiger partial charge in [-0.3, -0.25) is 0 Å². The summed E-state index contributed by atoms with van der Waals surface area (Å²) in [6, 6.07) is -0.0301. The Labute approximate surface area is 78.9 Å². The third-order valence-corrected chi connectivity index (χ3v) is 2.60. The quantitative estimate of drug-likeness (QED) is 0.534. The summed E-state index contributed by atoms with van der Waals surface area (Å²) in [7, 11) is 0. The topological polar surface area (TPSA) is 29.1 Å². The van der Waals surface area contributed by atoms with Gasteiger partial charge in [0.2, 0.25) is 0 Å². The van der Waals surface area contributed by atoms with Gasteiger partial charge in [0.05, 0.1) is 0 Å². The largest absolute Gasteiger partial charge is 0.397 e. The Bertz CT molecular complexity index is 194. The van der Waals surface area contributed by atoms with Crippen LogP contribution < -0.4 is 5.32 Å². The van der Waals surface area contributed by atoms with Crippen LogP contribution in [0.1, 0.15) is 40.0 Å². The monoisotopic (exact) mass is 187 g/mol. The summed E-state index contributed by atoms with van der Waals surface area (Å²) < 4.78 is 12.2. The number of carbonyl (C=O) groups is 1. The minimum atomic E-state index is -1.40. The van der Waals surface area contributed by atoms with Gasteiger partial charge in [-0.1, -0.05) is 33.6 Å². The third-order valence-electron chi connectivity index (χ3n) is 2.60. The lowest BCUT2D eigenvalue weighted by atomic mass is 9.84. The minimum absolute atomic E-state index is 0.0301. The molecule has 1 aliphatic rings. The van der Waals surface area contributed by atoms with E-state index in [9.17, 15) is 9.18 Å². The van der Waals surface area contributed by atoms with Gasteiger partial charge in [0.15, 0.2) is 0 Å². The van der Waals surface area contributed by atoms with Crippen LogP contribution in [0.5, 0.6) is 0 Å². The summed E-state index contributed by atoms with van der Waals surface area (Å²) in [4.78, 5) is 10.3. The highest BCUT2D eigenvalue weighted by Gasteiger charge is 2.32. The molecular weight excluding hydrogens is 169 g/mol. The van der Waals surface area contributed by atoms with E-state index in [4.69, 9.17) is 0 Å². The first-order valence-corrected chi connectivity index (χ1v) is 4.85. The Balaban J connectivity index is 2.46. The lowest BCUT2D eigenvalue weighted by molar-refractivity contribution is 0.194. The van der Waals surface area contributed by atoms with Crippen molar-refractivity contribution < 1.29 is 9.18 Å². The van der Waals surface area contributed by atoms with Gasteiger partial charge in [-0.2, -0.15) is 0 Å². The van der Waals surface area contributed by atoms with Crippen LogP contribution in [0.4, 0.5) is 9.18 Å². The van der Waals surface area contributed by atoms with Crippen LogP contribution in [0.25, 0.3) is 0 Å². The first kappa shape index (κ1) is 10.5. The SMILES string of the molecule is CC(C)(C)C(CC1CC1)NC(=O)F. The molecule has 3 heteroatoms. The molecular formula is C10H18FNO. The summed E-state index contributed by atoms with van der Waals surface area (Å²) >= 11 is 0. The summed E-state index contributed by atoms with van der Waals surface area (Å²) in [5, 5.41) is 2.39. The number of halogens is 1. The van der Waals surface area contributed by atoms with Crippen LogP contribution in [0.15, 0.2) is 0 Å². The first-order chi connectivity index (χ1) is 5.89. The summed E-state index contributed by atoms with van der Waals surface area (Å²) in [6.07, 6.45) is 1.98. The van der Waals surface area contributed by atoms with Crippen molar-refractivity contribution in [2.75, 3.05) is 0 Å². The molecule has 1 fully saturated rings. The molecule has 0 radical (unpaired) electrons. The average molecular weight is 187 g/mol. The van der Waals surface area contributed by atoms with Crippen LogP contribution in [0.3, 0.4) is 0 Å². The van der Waals surface area contributed by atoms with E-state index in [2.05, 4.69) is 5.32 Å². The molecule has 0 heterocycles. The maximum atomic E-state index is 12.2. The van der Waals surface area contributed by atoms with Crippen LogP contribution >= 0.6 is 0 Å². The van der Waals surface area contributed by atoms with E-state index in [1.54, 1.807) is 0 Å². The molecule has 1 saturated carbocycles. The standard InChI is InChI=1S/C10H18FNO/c1-10(2,3)8(12-9(11)13)6-7-4-5-7/h7-8H,4-6H2,1-3H3,(H,12,13). The summed E-state index contributed by atoms with van der Waals surface area (Å²) in [6.45, 7) is 6.07. The second-order valence-corrected chi connectivity index (χ2v) is 5.02. The zero-order valence-corrected chi connectivity index (χ0v) is 8.56. The molecule has 1 N–H and O–H groups in total. The fourth-order valence-electron chi connectivity index (χ4n) is 1.45. The van der Waals surface area contributed by atoms with Gasteiger partial charge in [0.25, 0.3) is 0 Å². The first-order valence-electron chi connectivity index (χ1n) is 4.85. The fraction of sp³-hybridized carbons (Fsp3) is 0.900. The molecule has 76 valence electrons. The van der Waals surface area contributed by atoms with E-state index in [-0.39, 0.29) is 11.5 Å². The number of hydrogen-bond acceptors (Lipinski definition) is 1. The second kappa shape index (κ2) is 3.64. The van der Waals surface area contributed by atoms with Crippen molar-refractivity contribution in [3.05, 3.63) is 0 Å². The number of nitrogens with one attached hydrogen (secondary N) is 1. The highest BCUT2D eigenvalue weighted by molar-refractivity contribution is 5.66. The van der Waals surface area contributed by atoms with E-state index < -0.39 is 6.16 Å². The van der Waals surface area contributed by atoms with Crippen LogP contribution in [-0.4, -0.2) is 12.2 Å². The van der Waals surface area contributed by atoms with Gasteiger partial charge < -0.3 is 5.32 Å². The molecule has 0 saturated heterocycles. The zero-order chi connectivity index (χ0) is 10.1. The van der Waals surface area contributed by atoms with E-state index in [1.165, 1.54) is 12.8 Å². The van der Waals surface area contributed by atoms with Crippen LogP contribution in [-0.2, 0) is 0 Å². The van der Waals surface area contributed by atoms with E-state index >= 15 is 0 Å². The molecule has 13 heavy (non-hydrogen) atoms. The van der Waals surface area contributed by atoms with Gasteiger partial charge in [0.1, 0.15) is 0 Å². The summed E-state index contributed by atoms with van der Waals surface area (Å²) in [5.74, 6) is 0.705. The van der Waals surface area contributed by atoms with Crippen molar-refractivity contribution in [3.63, 3.8) is 0 Å². The van der Waals surface area contributed by atoms with Crippen LogP contribution in [0, 0.1) is 11.3 Å². The second-order valence-electron chi connectivity index (χ2n) is 5.02. The lowest BCUT2D eigenvalue weighted by Crippen LogP contribution is -2.42. The lowest BCUT2D eigenvalue weighted by Gasteiger charge is -2.30. The highest BCUT2D eigenvalue weighted by Crippen LogP contribution is 2.37. The number of carbonyl (C=O) groups excluding carboxylic acids is 1. The van der Waals surface area contributed by atoms with Crippen LogP contribution in [0.2, 0.25) is 0 Å². The molecule has 0 aliphatic heterocycles. The van der Waals surface area contributed by atoms with Gasteiger partial charge in [-0.05, 0) is 17.8 Å². The van der Waals surface area contributed by atoms with Gasteiger partial charge >= 0.3 is 6.16 Å². The molecule has 0 aromatic heterocycles. The predicted octanol–water partition coefficient (Wildman–Crippen LogP) is 2.88. The smallest absolute Gasteiger partial charge is 0.325 e. The van der Waals surface area contributed by atoms with E-state index in [1.807, 2.05) is 20.8 Å². The van der Waals surface area contributed by atoms with Crippen molar-refractivity contribution in [3.8, 4) is 0 Å². The zero-order valence-electron chi connectivity index (χ0n) is 8.56. The summed E-state index contributed by atoms with van der Waals surface area (Å²) in [5.41, 5.74) is -0.0513. The number of hydrogen-bond donors (Lipinski definition) is 1. The Morgan fingerprint density at radius 1 is 1.54 bits per heavy atom. The molecule has 0 aromatic carbocycles. The molecule has 0 aromatic rings. The Kier molecular flexibility index (Phi) is 2.94. The van der Waals surface area contributed by atoms with Crippen molar-refractivity contribution in [2.24, 2.45) is 11.3 Å². The Hall–Kier alpha value is -0.600. The molecule has 1 unspecified atom stereocenters. The number of amides is 1. The Morgan fingerprint density at radius 3 is 2.38 bits per heavy atom. The normalized spacial score (nSPS) is 19.7. The van der Waals surface area contributed by atoms with Crippen molar-refractivity contribution >= 4 is 6.16 Å². The maximum absolute atomic E-state index is 12.2. The maximum Gasteiger partial charge on any atom is 0.397 e. The minimum Gasteiger partial charge on any atom is -0.325 e. The van der Waals surface area contributed by atoms with Gasteiger partial charge in [-0.25, -0.2) is 4.79 Å². The van der Waals surface area contributed by atoms with Crippen molar-refractivity contribution in [2.45, 2.75) is 46.1 Å². The van der Waals surface area contributed by atoms with E-state index in [0.29, 0.717) is 5.92 Å². The predicted molar refractivity (Wildman–Crippen MR) is 50.2 cm³/mol. The van der Waals surface area contributed by atoms with Crippen molar-refractivity contribution in [1.29, 1.82) is 0 Å². The molecule has 1 rings (SSSR count). The molecule has 0 spiro atoms. The Morgan fingerprint density at radius 2 is 2.08 bits per heavy atom. The van der Waals surface area contributed by atoms with E-state index in [0.717, 1.165) is 6.42 Å². The molecule has 1 aliphatic carbocycles. The molecule has 1 atom stereocenters. The third kappa shape index (κ3) is 3.75. The van der Waals surface area contributed by atoms with Crippen molar-refractivity contribution in [1.82, 2.24) is 5.32 Å². The fourth-order valence-corrected chi connectivity index (χ4v) is 1.45. The number of rotatable bonds is 3. The highest BCUT2D eigenvalue weighted by atomic mass is 19.1. The molecule has 0 bridgehead atoms.